The van der Waals surface area contributed by atoms with Crippen molar-refractivity contribution in [1.29, 1.82) is 0 Å². The smallest absolute Gasteiger partial charge is 0.161 e. The van der Waals surface area contributed by atoms with Crippen LogP contribution in [0.4, 0.5) is 0 Å². The summed E-state index contributed by atoms with van der Waals surface area (Å²) in [5, 5.41) is 8.63. The van der Waals surface area contributed by atoms with Crippen molar-refractivity contribution >= 4 is 0 Å². The molecule has 1 N–H and O–H groups in total. The van der Waals surface area contributed by atoms with Crippen LogP contribution >= 0.6 is 0 Å². The van der Waals surface area contributed by atoms with E-state index in [2.05, 4.69) is 0 Å². The van der Waals surface area contributed by atoms with E-state index in [1.807, 2.05) is 25.1 Å². The number of benzene rings is 1. The molecule has 0 unspecified atom stereocenters. The molecule has 0 bridgehead atoms. The van der Waals surface area contributed by atoms with Gasteiger partial charge in [0.2, 0.25) is 0 Å². The first-order valence-corrected chi connectivity index (χ1v) is 5.66. The summed E-state index contributed by atoms with van der Waals surface area (Å²) in [5.74, 6) is 1.57. The molecule has 0 atom stereocenters. The van der Waals surface area contributed by atoms with Gasteiger partial charge in [-0.3, -0.25) is 0 Å². The van der Waals surface area contributed by atoms with Gasteiger partial charge in [0, 0.05) is 6.61 Å². The molecule has 0 aromatic heterocycles. The van der Waals surface area contributed by atoms with Gasteiger partial charge in [-0.25, -0.2) is 0 Å². The summed E-state index contributed by atoms with van der Waals surface area (Å²) in [6.07, 6.45) is 2.79. The van der Waals surface area contributed by atoms with E-state index in [9.17, 15) is 0 Å². The van der Waals surface area contributed by atoms with Gasteiger partial charge in [0.1, 0.15) is 0 Å². The zero-order valence-electron chi connectivity index (χ0n) is 10.0. The van der Waals surface area contributed by atoms with Crippen LogP contribution in [0.1, 0.15) is 24.8 Å². The van der Waals surface area contributed by atoms with Crippen LogP contribution in [-0.4, -0.2) is 25.4 Å². The van der Waals surface area contributed by atoms with Crippen LogP contribution < -0.4 is 9.47 Å². The molecule has 0 aliphatic carbocycles. The van der Waals surface area contributed by atoms with Gasteiger partial charge in [0.15, 0.2) is 11.5 Å². The number of hydrogen-bond acceptors (Lipinski definition) is 3. The Morgan fingerprint density at radius 3 is 2.62 bits per heavy atom. The number of aliphatic hydroxyl groups excluding tert-OH is 1. The molecule has 0 spiro atoms. The first-order chi connectivity index (χ1) is 7.77. The van der Waals surface area contributed by atoms with Gasteiger partial charge in [-0.15, -0.1) is 0 Å². The molecule has 1 aromatic rings. The zero-order chi connectivity index (χ0) is 11.8. The lowest BCUT2D eigenvalue weighted by Gasteiger charge is -2.10. The van der Waals surface area contributed by atoms with E-state index in [1.54, 1.807) is 7.11 Å². The third-order valence-corrected chi connectivity index (χ3v) is 2.38. The maximum absolute atomic E-state index is 8.63. The molecule has 0 saturated carbocycles. The number of aryl methyl sites for hydroxylation is 1. The predicted molar refractivity (Wildman–Crippen MR) is 64.2 cm³/mol. The quantitative estimate of drug-likeness (QED) is 0.723. The van der Waals surface area contributed by atoms with Crippen LogP contribution in [0.3, 0.4) is 0 Å². The number of aliphatic hydroxyl groups is 1. The molecule has 16 heavy (non-hydrogen) atoms. The number of rotatable bonds is 7. The molecule has 0 aliphatic heterocycles. The minimum absolute atomic E-state index is 0.258. The van der Waals surface area contributed by atoms with Gasteiger partial charge >= 0.3 is 0 Å². The van der Waals surface area contributed by atoms with Crippen LogP contribution in [0, 0.1) is 6.92 Å². The second-order valence-corrected chi connectivity index (χ2v) is 3.79. The first kappa shape index (κ1) is 12.8. The van der Waals surface area contributed by atoms with Crippen molar-refractivity contribution in [3.8, 4) is 11.5 Å². The number of unbranched alkanes of at least 4 members (excludes halogenated alkanes) is 2. The Balaban J connectivity index is 2.41. The van der Waals surface area contributed by atoms with Crippen molar-refractivity contribution in [3.05, 3.63) is 23.8 Å². The van der Waals surface area contributed by atoms with E-state index >= 15 is 0 Å². The SMILES string of the molecule is COc1cc(C)ccc1OCCCCCO. The summed E-state index contributed by atoms with van der Waals surface area (Å²) in [6.45, 7) is 2.95. The highest BCUT2D eigenvalue weighted by molar-refractivity contribution is 5.42. The average molecular weight is 224 g/mol. The molecule has 0 aliphatic rings. The predicted octanol–water partition coefficient (Wildman–Crippen LogP) is 2.55. The highest BCUT2D eigenvalue weighted by Crippen LogP contribution is 2.27. The largest absolute Gasteiger partial charge is 0.493 e. The molecule has 0 saturated heterocycles. The molecular weight excluding hydrogens is 204 g/mol. The maximum Gasteiger partial charge on any atom is 0.161 e. The van der Waals surface area contributed by atoms with Crippen LogP contribution in [0.5, 0.6) is 11.5 Å². The fraction of sp³-hybridized carbons (Fsp3) is 0.538. The monoisotopic (exact) mass is 224 g/mol. The topological polar surface area (TPSA) is 38.7 Å². The third kappa shape index (κ3) is 4.11. The summed E-state index contributed by atoms with van der Waals surface area (Å²) in [5.41, 5.74) is 1.16. The second-order valence-electron chi connectivity index (χ2n) is 3.79. The molecule has 0 fully saturated rings. The van der Waals surface area contributed by atoms with E-state index in [-0.39, 0.29) is 6.61 Å². The molecule has 1 aromatic carbocycles. The minimum Gasteiger partial charge on any atom is -0.493 e. The van der Waals surface area contributed by atoms with Crippen molar-refractivity contribution in [1.82, 2.24) is 0 Å². The van der Waals surface area contributed by atoms with Crippen molar-refractivity contribution in [2.24, 2.45) is 0 Å². The van der Waals surface area contributed by atoms with Crippen molar-refractivity contribution in [2.45, 2.75) is 26.2 Å². The number of methoxy groups -OCH3 is 1. The van der Waals surface area contributed by atoms with E-state index in [1.165, 1.54) is 0 Å². The molecule has 1 rings (SSSR count). The van der Waals surface area contributed by atoms with Crippen molar-refractivity contribution in [3.63, 3.8) is 0 Å². The van der Waals surface area contributed by atoms with Crippen LogP contribution in [0.25, 0.3) is 0 Å². The van der Waals surface area contributed by atoms with E-state index in [4.69, 9.17) is 14.6 Å². The van der Waals surface area contributed by atoms with Gasteiger partial charge in [-0.05, 0) is 43.9 Å². The minimum atomic E-state index is 0.258. The Labute approximate surface area is 97.0 Å². The Kier molecular flexibility index (Phi) is 5.72. The van der Waals surface area contributed by atoms with Crippen LogP contribution in [0.2, 0.25) is 0 Å². The molecule has 0 amide bonds. The lowest BCUT2D eigenvalue weighted by molar-refractivity contribution is 0.260. The maximum atomic E-state index is 8.63. The lowest BCUT2D eigenvalue weighted by atomic mass is 10.2. The molecule has 3 heteroatoms. The van der Waals surface area contributed by atoms with E-state index in [0.29, 0.717) is 6.61 Å². The standard InChI is InChI=1S/C13H20O3/c1-11-6-7-12(13(10-11)15-2)16-9-5-3-4-8-14/h6-7,10,14H,3-5,8-9H2,1-2H3. The molecule has 90 valence electrons. The first-order valence-electron chi connectivity index (χ1n) is 5.66. The Morgan fingerprint density at radius 2 is 1.94 bits per heavy atom. The summed E-state index contributed by atoms with van der Waals surface area (Å²) in [7, 11) is 1.65. The molecule has 3 nitrogen and oxygen atoms in total. The fourth-order valence-electron chi connectivity index (χ4n) is 1.47. The molecule has 0 radical (unpaired) electrons. The van der Waals surface area contributed by atoms with Crippen LogP contribution in [-0.2, 0) is 0 Å². The highest BCUT2D eigenvalue weighted by Gasteiger charge is 2.03. The van der Waals surface area contributed by atoms with Gasteiger partial charge in [0.05, 0.1) is 13.7 Å². The number of hydrogen-bond donors (Lipinski definition) is 1. The highest BCUT2D eigenvalue weighted by atomic mass is 16.5. The van der Waals surface area contributed by atoms with E-state index < -0.39 is 0 Å². The third-order valence-electron chi connectivity index (χ3n) is 2.38. The van der Waals surface area contributed by atoms with Crippen LogP contribution in [0.15, 0.2) is 18.2 Å². The molecular formula is C13H20O3. The average Bonchev–Trinajstić information content (AvgIpc) is 2.30. The van der Waals surface area contributed by atoms with Gasteiger partial charge in [0.25, 0.3) is 0 Å². The lowest BCUT2D eigenvalue weighted by Crippen LogP contribution is -2.00. The summed E-state index contributed by atoms with van der Waals surface area (Å²) in [6, 6.07) is 5.90. The Bertz CT molecular complexity index is 310. The van der Waals surface area contributed by atoms with E-state index in [0.717, 1.165) is 36.3 Å². The van der Waals surface area contributed by atoms with Gasteiger partial charge in [-0.1, -0.05) is 6.07 Å². The molecule has 0 heterocycles. The van der Waals surface area contributed by atoms with Gasteiger partial charge < -0.3 is 14.6 Å². The summed E-state index contributed by atoms with van der Waals surface area (Å²) in [4.78, 5) is 0. The summed E-state index contributed by atoms with van der Waals surface area (Å²) >= 11 is 0. The normalized spacial score (nSPS) is 10.2. The van der Waals surface area contributed by atoms with Crippen molar-refractivity contribution < 1.29 is 14.6 Å². The Hall–Kier alpha value is -1.22. The summed E-state index contributed by atoms with van der Waals surface area (Å²) < 4.78 is 10.9. The fourth-order valence-corrected chi connectivity index (χ4v) is 1.47. The van der Waals surface area contributed by atoms with Gasteiger partial charge in [-0.2, -0.15) is 0 Å². The second kappa shape index (κ2) is 7.12. The Morgan fingerprint density at radius 1 is 1.12 bits per heavy atom. The number of ether oxygens (including phenoxy) is 2. The zero-order valence-corrected chi connectivity index (χ0v) is 10.0. The van der Waals surface area contributed by atoms with Crippen molar-refractivity contribution in [2.75, 3.05) is 20.3 Å².